The SMILES string of the molecule is C=C(C)N(C(F)F)C1CCC2(CC1)CCN(CC1CCC(CC)CC1)CC2. The molecule has 1 spiro atoms. The molecule has 0 N–H and O–H groups in total. The lowest BCUT2D eigenvalue weighted by molar-refractivity contribution is -0.0538. The summed E-state index contributed by atoms with van der Waals surface area (Å²) in [6, 6.07) is -0.0140. The van der Waals surface area contributed by atoms with Crippen LogP contribution in [0.3, 0.4) is 0 Å². The Labute approximate surface area is 165 Å². The topological polar surface area (TPSA) is 6.48 Å². The largest absolute Gasteiger partial charge is 0.318 e. The van der Waals surface area contributed by atoms with Gasteiger partial charge in [-0.25, -0.2) is 0 Å². The Bertz CT molecular complexity index is 467. The molecule has 0 aromatic heterocycles. The van der Waals surface area contributed by atoms with Gasteiger partial charge in [-0.3, -0.25) is 0 Å². The lowest BCUT2D eigenvalue weighted by Crippen LogP contribution is -2.47. The summed E-state index contributed by atoms with van der Waals surface area (Å²) in [7, 11) is 0. The number of nitrogens with zero attached hydrogens (tertiary/aromatic N) is 2. The van der Waals surface area contributed by atoms with Crippen LogP contribution in [0.4, 0.5) is 8.78 Å². The summed E-state index contributed by atoms with van der Waals surface area (Å²) in [6.07, 6.45) is 13.6. The first-order valence-corrected chi connectivity index (χ1v) is 11.4. The number of allylic oxidation sites excluding steroid dienone is 1. The Morgan fingerprint density at radius 1 is 1.00 bits per heavy atom. The van der Waals surface area contributed by atoms with Crippen molar-refractivity contribution in [1.82, 2.24) is 9.80 Å². The normalized spacial score (nSPS) is 30.0. The van der Waals surface area contributed by atoms with Crippen molar-refractivity contribution in [3.05, 3.63) is 12.3 Å². The monoisotopic (exact) mass is 382 g/mol. The minimum atomic E-state index is -2.41. The van der Waals surface area contributed by atoms with Crippen LogP contribution in [-0.4, -0.2) is 42.0 Å². The van der Waals surface area contributed by atoms with Crippen LogP contribution in [0, 0.1) is 17.3 Å². The standard InChI is InChI=1S/C23H40F2N2/c1-4-19-5-7-20(8-6-19)17-26-15-13-23(14-16-26)11-9-21(10-12-23)27(18(2)3)22(24)25/h19-22H,2,4-17H2,1,3H3. The van der Waals surface area contributed by atoms with Crippen LogP contribution in [0.5, 0.6) is 0 Å². The van der Waals surface area contributed by atoms with Gasteiger partial charge >= 0.3 is 6.55 Å². The summed E-state index contributed by atoms with van der Waals surface area (Å²) in [5.41, 5.74) is 0.939. The summed E-state index contributed by atoms with van der Waals surface area (Å²) in [4.78, 5) is 3.96. The molecular weight excluding hydrogens is 342 g/mol. The predicted octanol–water partition coefficient (Wildman–Crippen LogP) is 6.29. The van der Waals surface area contributed by atoms with Crippen molar-refractivity contribution in [2.24, 2.45) is 17.3 Å². The van der Waals surface area contributed by atoms with Crippen molar-refractivity contribution in [3.8, 4) is 0 Å². The van der Waals surface area contributed by atoms with Gasteiger partial charge in [-0.2, -0.15) is 8.78 Å². The number of alkyl halides is 2. The van der Waals surface area contributed by atoms with Crippen molar-refractivity contribution in [2.45, 2.75) is 97.1 Å². The van der Waals surface area contributed by atoms with Gasteiger partial charge in [-0.05, 0) is 88.6 Å². The summed E-state index contributed by atoms with van der Waals surface area (Å²) in [5, 5.41) is 0. The highest BCUT2D eigenvalue weighted by atomic mass is 19.3. The minimum Gasteiger partial charge on any atom is -0.318 e. The molecule has 1 aliphatic heterocycles. The molecule has 0 unspecified atom stereocenters. The van der Waals surface area contributed by atoms with Crippen molar-refractivity contribution in [2.75, 3.05) is 19.6 Å². The van der Waals surface area contributed by atoms with Crippen molar-refractivity contribution in [3.63, 3.8) is 0 Å². The molecule has 0 aromatic carbocycles. The van der Waals surface area contributed by atoms with Crippen LogP contribution in [0.2, 0.25) is 0 Å². The lowest BCUT2D eigenvalue weighted by Gasteiger charge is -2.48. The molecule has 0 atom stereocenters. The van der Waals surface area contributed by atoms with E-state index in [4.69, 9.17) is 0 Å². The first-order chi connectivity index (χ1) is 12.9. The molecule has 3 fully saturated rings. The van der Waals surface area contributed by atoms with Crippen LogP contribution >= 0.6 is 0 Å². The molecule has 2 aliphatic carbocycles. The van der Waals surface area contributed by atoms with E-state index in [2.05, 4.69) is 18.4 Å². The van der Waals surface area contributed by atoms with Crippen LogP contribution in [-0.2, 0) is 0 Å². The molecule has 27 heavy (non-hydrogen) atoms. The highest BCUT2D eigenvalue weighted by molar-refractivity contribution is 4.98. The average Bonchev–Trinajstić information content (AvgIpc) is 2.66. The molecule has 3 rings (SSSR count). The van der Waals surface area contributed by atoms with E-state index in [1.54, 1.807) is 6.92 Å². The van der Waals surface area contributed by atoms with Crippen molar-refractivity contribution in [1.29, 1.82) is 0 Å². The summed E-state index contributed by atoms with van der Waals surface area (Å²) in [6.45, 7) is 9.14. The highest BCUT2D eigenvalue weighted by Crippen LogP contribution is 2.46. The average molecular weight is 383 g/mol. The first-order valence-electron chi connectivity index (χ1n) is 11.4. The van der Waals surface area contributed by atoms with E-state index < -0.39 is 6.55 Å². The van der Waals surface area contributed by atoms with Gasteiger partial charge < -0.3 is 9.80 Å². The fourth-order valence-corrected chi connectivity index (χ4v) is 6.03. The molecule has 0 amide bonds. The van der Waals surface area contributed by atoms with E-state index in [0.717, 1.165) is 37.5 Å². The molecule has 2 nitrogen and oxygen atoms in total. The number of hydrogen-bond acceptors (Lipinski definition) is 2. The van der Waals surface area contributed by atoms with E-state index >= 15 is 0 Å². The number of rotatable bonds is 6. The van der Waals surface area contributed by atoms with E-state index in [1.807, 2.05) is 0 Å². The third-order valence-electron chi connectivity index (χ3n) is 8.04. The van der Waals surface area contributed by atoms with Gasteiger partial charge in [0.2, 0.25) is 0 Å². The fourth-order valence-electron chi connectivity index (χ4n) is 6.03. The minimum absolute atomic E-state index is 0.0140. The van der Waals surface area contributed by atoms with Gasteiger partial charge in [0.1, 0.15) is 0 Å². The summed E-state index contributed by atoms with van der Waals surface area (Å²) in [5.74, 6) is 1.89. The van der Waals surface area contributed by atoms with Gasteiger partial charge in [0, 0.05) is 18.3 Å². The van der Waals surface area contributed by atoms with E-state index in [1.165, 1.54) is 69.5 Å². The zero-order valence-corrected chi connectivity index (χ0v) is 17.6. The van der Waals surface area contributed by atoms with Gasteiger partial charge in [0.25, 0.3) is 0 Å². The van der Waals surface area contributed by atoms with E-state index in [-0.39, 0.29) is 6.04 Å². The molecule has 1 heterocycles. The Balaban J connectivity index is 1.42. The van der Waals surface area contributed by atoms with Crippen LogP contribution in [0.1, 0.15) is 84.5 Å². The molecule has 3 aliphatic rings. The molecular formula is C23H40F2N2. The third kappa shape index (κ3) is 5.25. The Hall–Kier alpha value is -0.640. The summed E-state index contributed by atoms with van der Waals surface area (Å²) >= 11 is 0. The molecule has 1 saturated heterocycles. The Morgan fingerprint density at radius 3 is 2.04 bits per heavy atom. The van der Waals surface area contributed by atoms with Crippen LogP contribution < -0.4 is 0 Å². The number of piperidine rings is 1. The molecule has 0 bridgehead atoms. The quantitative estimate of drug-likeness (QED) is 0.498. The number of hydrogen-bond donors (Lipinski definition) is 0. The maximum absolute atomic E-state index is 13.3. The molecule has 4 heteroatoms. The van der Waals surface area contributed by atoms with Gasteiger partial charge in [-0.15, -0.1) is 0 Å². The van der Waals surface area contributed by atoms with Gasteiger partial charge in [0.15, 0.2) is 0 Å². The Kier molecular flexibility index (Phi) is 7.21. The second-order valence-corrected chi connectivity index (χ2v) is 9.75. The van der Waals surface area contributed by atoms with Crippen molar-refractivity contribution >= 4 is 0 Å². The first kappa shape index (κ1) is 21.1. The maximum atomic E-state index is 13.3. The highest BCUT2D eigenvalue weighted by Gasteiger charge is 2.40. The smallest absolute Gasteiger partial charge is 0.315 e. The van der Waals surface area contributed by atoms with E-state index in [0.29, 0.717) is 11.1 Å². The summed E-state index contributed by atoms with van der Waals surface area (Å²) < 4.78 is 26.7. The van der Waals surface area contributed by atoms with Gasteiger partial charge in [-0.1, -0.05) is 32.8 Å². The molecule has 0 radical (unpaired) electrons. The number of likely N-dealkylation sites (tertiary alicyclic amines) is 1. The third-order valence-corrected chi connectivity index (χ3v) is 8.04. The number of halogens is 2. The maximum Gasteiger partial charge on any atom is 0.315 e. The lowest BCUT2D eigenvalue weighted by atomic mass is 9.66. The van der Waals surface area contributed by atoms with Crippen molar-refractivity contribution < 1.29 is 8.78 Å². The van der Waals surface area contributed by atoms with Crippen LogP contribution in [0.15, 0.2) is 12.3 Å². The zero-order chi connectivity index (χ0) is 19.4. The second-order valence-electron chi connectivity index (χ2n) is 9.75. The zero-order valence-electron chi connectivity index (χ0n) is 17.6. The molecule has 2 saturated carbocycles. The predicted molar refractivity (Wildman–Crippen MR) is 109 cm³/mol. The molecule has 156 valence electrons. The Morgan fingerprint density at radius 2 is 1.56 bits per heavy atom. The fraction of sp³-hybridized carbons (Fsp3) is 0.913. The second kappa shape index (κ2) is 9.24. The van der Waals surface area contributed by atoms with Gasteiger partial charge in [0.05, 0.1) is 0 Å². The van der Waals surface area contributed by atoms with Crippen LogP contribution in [0.25, 0.3) is 0 Å². The molecule has 0 aromatic rings. The van der Waals surface area contributed by atoms with E-state index in [9.17, 15) is 8.78 Å².